The summed E-state index contributed by atoms with van der Waals surface area (Å²) in [5.41, 5.74) is 0.446. The minimum absolute atomic E-state index is 0.108. The van der Waals surface area contributed by atoms with Gasteiger partial charge < -0.3 is 15.0 Å². The number of rotatable bonds is 7. The molecule has 4 amide bonds. The van der Waals surface area contributed by atoms with E-state index in [1.54, 1.807) is 22.8 Å². The van der Waals surface area contributed by atoms with Crippen molar-refractivity contribution in [2.24, 2.45) is 7.05 Å². The van der Waals surface area contributed by atoms with Crippen LogP contribution in [0.2, 0.25) is 0 Å². The molecule has 11 heteroatoms. The molecule has 0 bridgehead atoms. The third-order valence-corrected chi connectivity index (χ3v) is 5.08. The minimum Gasteiger partial charge on any atom is -0.479 e. The van der Waals surface area contributed by atoms with E-state index < -0.39 is 0 Å². The van der Waals surface area contributed by atoms with Crippen LogP contribution in [-0.4, -0.2) is 101 Å². The number of hydrogen-bond donors (Lipinski definition) is 1. The second-order valence-corrected chi connectivity index (χ2v) is 7.08. The Hall–Kier alpha value is -2.95. The number of hydrogen-bond acceptors (Lipinski definition) is 7. The smallest absolute Gasteiger partial charge is 0.261 e. The van der Waals surface area contributed by atoms with Gasteiger partial charge in [0.15, 0.2) is 0 Å². The SMILES string of the molecule is COc1nn(C)cc1C(=O)N1CCN(CCNC(=O)CN2C(=O)CCC2=O)CC1. The average Bonchev–Trinajstić information content (AvgIpc) is 3.24. The highest BCUT2D eigenvalue weighted by molar-refractivity contribution is 6.04. The van der Waals surface area contributed by atoms with Gasteiger partial charge in [0, 0.05) is 65.4 Å². The molecule has 2 fully saturated rings. The fraction of sp³-hybridized carbons (Fsp3) is 0.611. The molecule has 0 spiro atoms. The van der Waals surface area contributed by atoms with E-state index in [-0.39, 0.29) is 43.0 Å². The van der Waals surface area contributed by atoms with Gasteiger partial charge in [0.1, 0.15) is 12.1 Å². The molecule has 3 heterocycles. The van der Waals surface area contributed by atoms with E-state index in [1.165, 1.54) is 7.11 Å². The second kappa shape index (κ2) is 9.03. The van der Waals surface area contributed by atoms with Crippen LogP contribution >= 0.6 is 0 Å². The lowest BCUT2D eigenvalue weighted by Crippen LogP contribution is -2.50. The molecule has 11 nitrogen and oxygen atoms in total. The van der Waals surface area contributed by atoms with Gasteiger partial charge in [-0.3, -0.25) is 33.7 Å². The van der Waals surface area contributed by atoms with E-state index in [2.05, 4.69) is 15.3 Å². The van der Waals surface area contributed by atoms with Crippen molar-refractivity contribution in [2.75, 3.05) is 52.9 Å². The van der Waals surface area contributed by atoms with Crippen molar-refractivity contribution in [3.05, 3.63) is 11.8 Å². The van der Waals surface area contributed by atoms with Crippen LogP contribution < -0.4 is 10.1 Å². The van der Waals surface area contributed by atoms with Gasteiger partial charge in [0.2, 0.25) is 23.6 Å². The van der Waals surface area contributed by atoms with E-state index in [1.807, 2.05) is 0 Å². The van der Waals surface area contributed by atoms with Crippen molar-refractivity contribution < 1.29 is 23.9 Å². The summed E-state index contributed by atoms with van der Waals surface area (Å²) in [5, 5.41) is 6.85. The van der Waals surface area contributed by atoms with Crippen molar-refractivity contribution in [3.63, 3.8) is 0 Å². The molecule has 0 radical (unpaired) electrons. The van der Waals surface area contributed by atoms with Crippen LogP contribution in [0, 0.1) is 0 Å². The molecular formula is C18H26N6O5. The summed E-state index contributed by atoms with van der Waals surface area (Å²) < 4.78 is 6.71. The van der Waals surface area contributed by atoms with Crippen molar-refractivity contribution in [3.8, 4) is 5.88 Å². The zero-order valence-corrected chi connectivity index (χ0v) is 16.7. The first-order valence-electron chi connectivity index (χ1n) is 9.58. The number of likely N-dealkylation sites (tertiary alicyclic amines) is 1. The van der Waals surface area contributed by atoms with Gasteiger partial charge in [-0.25, -0.2) is 0 Å². The monoisotopic (exact) mass is 406 g/mol. The van der Waals surface area contributed by atoms with Crippen molar-refractivity contribution in [1.29, 1.82) is 0 Å². The maximum Gasteiger partial charge on any atom is 0.261 e. The number of carbonyl (C=O) groups excluding carboxylic acids is 4. The zero-order valence-electron chi connectivity index (χ0n) is 16.7. The highest BCUT2D eigenvalue weighted by Crippen LogP contribution is 2.18. The number of carbonyl (C=O) groups is 4. The third kappa shape index (κ3) is 4.91. The Bertz CT molecular complexity index is 783. The summed E-state index contributed by atoms with van der Waals surface area (Å²) >= 11 is 0. The normalized spacial score (nSPS) is 17.7. The Labute approximate surface area is 168 Å². The van der Waals surface area contributed by atoms with E-state index in [4.69, 9.17) is 4.74 Å². The van der Waals surface area contributed by atoms with Gasteiger partial charge in [-0.2, -0.15) is 0 Å². The molecule has 158 valence electrons. The summed E-state index contributed by atoms with van der Waals surface area (Å²) in [5.74, 6) is -0.723. The molecule has 1 aromatic rings. The van der Waals surface area contributed by atoms with Crippen LogP contribution in [0.4, 0.5) is 0 Å². The van der Waals surface area contributed by atoms with Crippen molar-refractivity contribution >= 4 is 23.6 Å². The van der Waals surface area contributed by atoms with E-state index in [9.17, 15) is 19.2 Å². The largest absolute Gasteiger partial charge is 0.479 e. The number of aromatic nitrogens is 2. The second-order valence-electron chi connectivity index (χ2n) is 7.08. The topological polar surface area (TPSA) is 117 Å². The maximum atomic E-state index is 12.7. The molecule has 0 aromatic carbocycles. The summed E-state index contributed by atoms with van der Waals surface area (Å²) in [6.45, 7) is 3.35. The van der Waals surface area contributed by atoms with E-state index in [0.717, 1.165) is 4.90 Å². The number of nitrogens with zero attached hydrogens (tertiary/aromatic N) is 5. The van der Waals surface area contributed by atoms with Crippen LogP contribution in [0.25, 0.3) is 0 Å². The van der Waals surface area contributed by atoms with Gasteiger partial charge >= 0.3 is 0 Å². The lowest BCUT2D eigenvalue weighted by atomic mass is 10.2. The van der Waals surface area contributed by atoms with E-state index >= 15 is 0 Å². The predicted molar refractivity (Wildman–Crippen MR) is 101 cm³/mol. The first-order valence-corrected chi connectivity index (χ1v) is 9.58. The molecule has 0 saturated carbocycles. The Morgan fingerprint density at radius 3 is 2.41 bits per heavy atom. The number of imide groups is 1. The lowest BCUT2D eigenvalue weighted by Gasteiger charge is -2.34. The number of methoxy groups -OCH3 is 1. The number of ether oxygens (including phenoxy) is 1. The molecule has 1 aromatic heterocycles. The minimum atomic E-state index is -0.342. The average molecular weight is 406 g/mol. The van der Waals surface area contributed by atoms with Crippen LogP contribution in [0.15, 0.2) is 6.20 Å². The molecule has 29 heavy (non-hydrogen) atoms. The number of aryl methyl sites for hydroxylation is 1. The summed E-state index contributed by atoms with van der Waals surface area (Å²) in [4.78, 5) is 52.6. The first-order chi connectivity index (χ1) is 13.9. The molecule has 2 aliphatic rings. The number of amides is 4. The van der Waals surface area contributed by atoms with Crippen molar-refractivity contribution in [1.82, 2.24) is 29.8 Å². The Morgan fingerprint density at radius 2 is 1.79 bits per heavy atom. The van der Waals surface area contributed by atoms with Crippen molar-refractivity contribution in [2.45, 2.75) is 12.8 Å². The Balaban J connectivity index is 1.38. The van der Waals surface area contributed by atoms with Crippen LogP contribution in [0.1, 0.15) is 23.2 Å². The van der Waals surface area contributed by atoms with Gasteiger partial charge in [0.05, 0.1) is 7.11 Å². The Kier molecular flexibility index (Phi) is 6.47. The first kappa shape index (κ1) is 20.8. The van der Waals surface area contributed by atoms with E-state index in [0.29, 0.717) is 50.7 Å². The molecule has 0 aliphatic carbocycles. The Morgan fingerprint density at radius 1 is 1.14 bits per heavy atom. The van der Waals surface area contributed by atoms with Gasteiger partial charge in [0.25, 0.3) is 5.91 Å². The maximum absolute atomic E-state index is 12.7. The van der Waals surface area contributed by atoms with Gasteiger partial charge in [-0.15, -0.1) is 5.10 Å². The predicted octanol–water partition coefficient (Wildman–Crippen LogP) is -1.55. The van der Waals surface area contributed by atoms with Gasteiger partial charge in [-0.1, -0.05) is 0 Å². The molecule has 0 atom stereocenters. The fourth-order valence-electron chi connectivity index (χ4n) is 3.46. The summed E-state index contributed by atoms with van der Waals surface area (Å²) in [6.07, 6.45) is 2.01. The molecule has 1 N–H and O–H groups in total. The van der Waals surface area contributed by atoms with Crippen LogP contribution in [0.5, 0.6) is 5.88 Å². The molecule has 2 saturated heterocycles. The fourth-order valence-corrected chi connectivity index (χ4v) is 3.46. The quantitative estimate of drug-likeness (QED) is 0.545. The lowest BCUT2D eigenvalue weighted by molar-refractivity contribution is -0.142. The number of nitrogens with one attached hydrogen (secondary N) is 1. The summed E-state index contributed by atoms with van der Waals surface area (Å²) in [7, 11) is 3.22. The molecule has 0 unspecified atom stereocenters. The molecule has 2 aliphatic heterocycles. The highest BCUT2D eigenvalue weighted by Gasteiger charge is 2.30. The van der Waals surface area contributed by atoms with Gasteiger partial charge in [-0.05, 0) is 0 Å². The zero-order chi connectivity index (χ0) is 21.0. The number of piperazine rings is 1. The van der Waals surface area contributed by atoms with Crippen LogP contribution in [0.3, 0.4) is 0 Å². The third-order valence-electron chi connectivity index (χ3n) is 5.08. The van der Waals surface area contributed by atoms with Crippen LogP contribution in [-0.2, 0) is 21.4 Å². The standard InChI is InChI=1S/C18H26N6O5/c1-21-11-13(17(20-21)29-2)18(28)23-9-7-22(8-10-23)6-5-19-14(25)12-24-15(26)3-4-16(24)27/h11H,3-10,12H2,1-2H3,(H,19,25). The molecular weight excluding hydrogens is 380 g/mol. The molecule has 3 rings (SSSR count). The summed E-state index contributed by atoms with van der Waals surface area (Å²) in [6, 6.07) is 0. The highest BCUT2D eigenvalue weighted by atomic mass is 16.5.